The molecule has 0 aromatic carbocycles. The van der Waals surface area contributed by atoms with Gasteiger partial charge in [-0.15, -0.1) is 0 Å². The molecule has 0 spiro atoms. The normalized spacial score (nSPS) is 10.5. The van der Waals surface area contributed by atoms with E-state index >= 15 is 0 Å². The van der Waals surface area contributed by atoms with Crippen LogP contribution in [0.4, 0.5) is 0 Å². The van der Waals surface area contributed by atoms with Gasteiger partial charge in [-0.3, -0.25) is 19.4 Å². The molecule has 0 aliphatic rings. The third-order valence-corrected chi connectivity index (χ3v) is 1.26. The van der Waals surface area contributed by atoms with E-state index in [4.69, 9.17) is 9.47 Å². The van der Waals surface area contributed by atoms with Crippen LogP contribution in [-0.2, 0) is 19.1 Å². The topological polar surface area (TPSA) is 59.1 Å². The predicted octanol–water partition coefficient (Wildman–Crippen LogP) is -0.499. The monoisotopic (exact) mass is 218 g/mol. The van der Waals surface area contributed by atoms with Crippen molar-refractivity contribution in [2.75, 3.05) is 41.7 Å². The molecule has 0 radical (unpaired) electrons. The van der Waals surface area contributed by atoms with Gasteiger partial charge in [0.2, 0.25) is 0 Å². The SMILES string of the molecule is CN(C)COC(=O)CC(=O)OCN(C)C. The molecule has 0 fully saturated rings. The predicted molar refractivity (Wildman–Crippen MR) is 53.9 cm³/mol. The third kappa shape index (κ3) is 9.17. The summed E-state index contributed by atoms with van der Waals surface area (Å²) >= 11 is 0. The fourth-order valence-corrected chi connectivity index (χ4v) is 0.622. The summed E-state index contributed by atoms with van der Waals surface area (Å²) in [6.07, 6.45) is -0.346. The third-order valence-electron chi connectivity index (χ3n) is 1.26. The molecule has 0 saturated carbocycles. The van der Waals surface area contributed by atoms with Crippen molar-refractivity contribution in [3.05, 3.63) is 0 Å². The second kappa shape index (κ2) is 7.19. The van der Waals surface area contributed by atoms with Gasteiger partial charge in [-0.2, -0.15) is 0 Å². The number of hydrogen-bond donors (Lipinski definition) is 0. The van der Waals surface area contributed by atoms with Crippen LogP contribution < -0.4 is 0 Å². The maximum Gasteiger partial charge on any atom is 0.318 e. The van der Waals surface area contributed by atoms with Gasteiger partial charge in [-0.25, -0.2) is 0 Å². The van der Waals surface area contributed by atoms with Gasteiger partial charge in [0, 0.05) is 0 Å². The van der Waals surface area contributed by atoms with Gasteiger partial charge in [0.25, 0.3) is 0 Å². The van der Waals surface area contributed by atoms with Crippen molar-refractivity contribution >= 4 is 11.9 Å². The Labute approximate surface area is 89.7 Å². The van der Waals surface area contributed by atoms with Crippen LogP contribution in [0.3, 0.4) is 0 Å². The van der Waals surface area contributed by atoms with Crippen LogP contribution in [-0.4, -0.2) is 63.4 Å². The Bertz CT molecular complexity index is 194. The minimum atomic E-state index is -0.576. The van der Waals surface area contributed by atoms with E-state index in [-0.39, 0.29) is 19.9 Å². The molecule has 6 nitrogen and oxygen atoms in total. The van der Waals surface area contributed by atoms with Crippen molar-refractivity contribution in [2.24, 2.45) is 0 Å². The second-order valence-corrected chi connectivity index (χ2v) is 3.63. The molecular formula is C9H18N2O4. The molecule has 0 aromatic heterocycles. The lowest BCUT2D eigenvalue weighted by molar-refractivity contribution is -0.158. The maximum atomic E-state index is 11.0. The molecule has 0 aliphatic heterocycles. The van der Waals surface area contributed by atoms with Crippen LogP contribution >= 0.6 is 0 Å². The highest BCUT2D eigenvalue weighted by Crippen LogP contribution is 1.92. The first-order valence-corrected chi connectivity index (χ1v) is 4.52. The van der Waals surface area contributed by atoms with E-state index in [1.165, 1.54) is 0 Å². The Kier molecular flexibility index (Phi) is 6.64. The summed E-state index contributed by atoms with van der Waals surface area (Å²) in [5.74, 6) is -1.15. The Balaban J connectivity index is 3.63. The summed E-state index contributed by atoms with van der Waals surface area (Å²) in [4.78, 5) is 25.4. The largest absolute Gasteiger partial charge is 0.449 e. The lowest BCUT2D eigenvalue weighted by atomic mass is 10.4. The number of ether oxygens (including phenoxy) is 2. The Morgan fingerprint density at radius 1 is 0.867 bits per heavy atom. The fourth-order valence-electron chi connectivity index (χ4n) is 0.622. The van der Waals surface area contributed by atoms with E-state index in [1.807, 2.05) is 0 Å². The van der Waals surface area contributed by atoms with Crippen LogP contribution in [0.15, 0.2) is 0 Å². The minimum Gasteiger partial charge on any atom is -0.449 e. The zero-order chi connectivity index (χ0) is 11.8. The van der Waals surface area contributed by atoms with Crippen molar-refractivity contribution in [3.8, 4) is 0 Å². The standard InChI is InChI=1S/C9H18N2O4/c1-10(2)6-14-8(12)5-9(13)15-7-11(3)4/h5-7H2,1-4H3. The highest BCUT2D eigenvalue weighted by molar-refractivity contribution is 5.91. The van der Waals surface area contributed by atoms with Crippen LogP contribution in [0, 0.1) is 0 Å². The Morgan fingerprint density at radius 3 is 1.47 bits per heavy atom. The molecular weight excluding hydrogens is 200 g/mol. The summed E-state index contributed by atoms with van der Waals surface area (Å²) in [7, 11) is 7.05. The number of hydrogen-bond acceptors (Lipinski definition) is 6. The lowest BCUT2D eigenvalue weighted by Crippen LogP contribution is -2.24. The molecule has 0 aromatic rings. The average Bonchev–Trinajstić information content (AvgIpc) is 2.11. The first-order valence-electron chi connectivity index (χ1n) is 4.52. The van der Waals surface area contributed by atoms with Crippen LogP contribution in [0.5, 0.6) is 0 Å². The summed E-state index contributed by atoms with van der Waals surface area (Å²) in [5.41, 5.74) is 0. The number of esters is 2. The molecule has 6 heteroatoms. The second-order valence-electron chi connectivity index (χ2n) is 3.63. The first kappa shape index (κ1) is 13.9. The Hall–Kier alpha value is -1.14. The molecule has 88 valence electrons. The minimum absolute atomic E-state index is 0.166. The van der Waals surface area contributed by atoms with Crippen molar-refractivity contribution in [3.63, 3.8) is 0 Å². The highest BCUT2D eigenvalue weighted by atomic mass is 16.6. The number of nitrogens with zero attached hydrogens (tertiary/aromatic N) is 2. The van der Waals surface area contributed by atoms with Crippen LogP contribution in [0.25, 0.3) is 0 Å². The van der Waals surface area contributed by atoms with Crippen molar-refractivity contribution in [2.45, 2.75) is 6.42 Å². The molecule has 0 bridgehead atoms. The van der Waals surface area contributed by atoms with Gasteiger partial charge >= 0.3 is 11.9 Å². The quantitative estimate of drug-likeness (QED) is 0.340. The summed E-state index contributed by atoms with van der Waals surface area (Å²) in [5, 5.41) is 0. The zero-order valence-electron chi connectivity index (χ0n) is 9.65. The van der Waals surface area contributed by atoms with Gasteiger partial charge in [0.1, 0.15) is 19.9 Å². The molecule has 15 heavy (non-hydrogen) atoms. The summed E-state index contributed by atoms with van der Waals surface area (Å²) < 4.78 is 9.51. The number of rotatable bonds is 6. The molecule has 0 unspecified atom stereocenters. The molecule has 0 amide bonds. The van der Waals surface area contributed by atoms with Gasteiger partial charge in [0.15, 0.2) is 0 Å². The Morgan fingerprint density at radius 2 is 1.20 bits per heavy atom. The molecule has 0 saturated heterocycles. The van der Waals surface area contributed by atoms with Crippen LogP contribution in [0.1, 0.15) is 6.42 Å². The van der Waals surface area contributed by atoms with E-state index < -0.39 is 11.9 Å². The molecule has 0 atom stereocenters. The van der Waals surface area contributed by atoms with Gasteiger partial charge in [-0.05, 0) is 28.2 Å². The molecule has 0 rings (SSSR count). The summed E-state index contributed by atoms with van der Waals surface area (Å²) in [6.45, 7) is 0.333. The van der Waals surface area contributed by atoms with Crippen molar-refractivity contribution in [1.29, 1.82) is 0 Å². The first-order chi connectivity index (χ1) is 6.91. The lowest BCUT2D eigenvalue weighted by Gasteiger charge is -2.11. The molecule has 0 heterocycles. The van der Waals surface area contributed by atoms with Gasteiger partial charge < -0.3 is 9.47 Å². The molecule has 0 N–H and O–H groups in total. The maximum absolute atomic E-state index is 11.0. The van der Waals surface area contributed by atoms with Crippen molar-refractivity contribution in [1.82, 2.24) is 9.80 Å². The van der Waals surface area contributed by atoms with E-state index in [2.05, 4.69) is 0 Å². The summed E-state index contributed by atoms with van der Waals surface area (Å²) in [6, 6.07) is 0. The highest BCUT2D eigenvalue weighted by Gasteiger charge is 2.12. The molecule has 0 aliphatic carbocycles. The van der Waals surface area contributed by atoms with E-state index in [0.717, 1.165) is 0 Å². The smallest absolute Gasteiger partial charge is 0.318 e. The van der Waals surface area contributed by atoms with Gasteiger partial charge in [-0.1, -0.05) is 0 Å². The average molecular weight is 218 g/mol. The number of carbonyl (C=O) groups excluding carboxylic acids is 2. The van der Waals surface area contributed by atoms with Crippen LogP contribution in [0.2, 0.25) is 0 Å². The van der Waals surface area contributed by atoms with E-state index in [1.54, 1.807) is 38.0 Å². The fraction of sp³-hybridized carbons (Fsp3) is 0.778. The van der Waals surface area contributed by atoms with E-state index in [9.17, 15) is 9.59 Å². The number of carbonyl (C=O) groups is 2. The van der Waals surface area contributed by atoms with Gasteiger partial charge in [0.05, 0.1) is 0 Å². The van der Waals surface area contributed by atoms with Crippen molar-refractivity contribution < 1.29 is 19.1 Å². The van der Waals surface area contributed by atoms with E-state index in [0.29, 0.717) is 0 Å². The zero-order valence-corrected chi connectivity index (χ0v) is 9.65.